The number of benzene rings is 1. The summed E-state index contributed by atoms with van der Waals surface area (Å²) < 4.78 is 26.8. The van der Waals surface area contributed by atoms with Gasteiger partial charge < -0.3 is 5.32 Å². The monoisotopic (exact) mass is 363 g/mol. The Labute approximate surface area is 144 Å². The summed E-state index contributed by atoms with van der Waals surface area (Å²) in [6.07, 6.45) is 6.33. The molecule has 0 saturated heterocycles. The van der Waals surface area contributed by atoms with Crippen LogP contribution in [0.5, 0.6) is 0 Å². The number of fused-ring (bicyclic) bond motifs is 3. The van der Waals surface area contributed by atoms with Crippen LogP contribution in [0.3, 0.4) is 0 Å². The number of allylic oxidation sites excluding steroid dienone is 2. The van der Waals surface area contributed by atoms with E-state index in [4.69, 9.17) is 0 Å². The molecule has 3 unspecified atom stereocenters. The van der Waals surface area contributed by atoms with Gasteiger partial charge in [0.2, 0.25) is 15.9 Å². The Morgan fingerprint density at radius 1 is 1.29 bits per heavy atom. The van der Waals surface area contributed by atoms with E-state index in [0.29, 0.717) is 22.5 Å². The molecule has 2 aliphatic rings. The molecule has 0 radical (unpaired) electrons. The van der Waals surface area contributed by atoms with Crippen LogP contribution in [0, 0.1) is 17.8 Å². The van der Waals surface area contributed by atoms with E-state index in [1.165, 1.54) is 24.5 Å². The smallest absolute Gasteiger partial charge is 0.240 e. The summed E-state index contributed by atoms with van der Waals surface area (Å²) in [5.41, 5.74) is 0.679. The highest BCUT2D eigenvalue weighted by atomic mass is 32.2. The molecule has 3 atom stereocenters. The van der Waals surface area contributed by atoms with Crippen LogP contribution in [0.4, 0.5) is 5.13 Å². The number of sulfonamides is 1. The van der Waals surface area contributed by atoms with Gasteiger partial charge in [0.1, 0.15) is 0 Å². The topological polar surface area (TPSA) is 88.2 Å². The molecule has 1 fully saturated rings. The van der Waals surface area contributed by atoms with Crippen molar-refractivity contribution in [2.24, 2.45) is 17.8 Å². The third-order valence-electron chi connectivity index (χ3n) is 4.78. The third-order valence-corrected chi connectivity index (χ3v) is 7.13. The average Bonchev–Trinajstić information content (AvgIpc) is 3.28. The van der Waals surface area contributed by atoms with E-state index < -0.39 is 10.0 Å². The van der Waals surface area contributed by atoms with Gasteiger partial charge in [0.25, 0.3) is 0 Å². The normalized spacial score (nSPS) is 25.5. The highest BCUT2D eigenvalue weighted by Gasteiger charge is 2.39. The summed E-state index contributed by atoms with van der Waals surface area (Å²) in [7, 11) is -2.11. The molecule has 1 heterocycles. The first kappa shape index (κ1) is 15.7. The van der Waals surface area contributed by atoms with Crippen LogP contribution in [0.2, 0.25) is 0 Å². The molecule has 1 amide bonds. The number of aromatic nitrogens is 1. The van der Waals surface area contributed by atoms with Crippen LogP contribution < -0.4 is 10.0 Å². The standard InChI is InChI=1S/C16H17N3O3S2/c1-17-24(21,22)11-4-5-13-14(8-11)23-16(18-13)19-15(20)12-7-9-2-3-10(12)6-9/h2-5,8-10,12,17H,6-7H2,1H3,(H,18,19,20). The van der Waals surface area contributed by atoms with Crippen LogP contribution in [0.15, 0.2) is 35.2 Å². The van der Waals surface area contributed by atoms with E-state index in [0.717, 1.165) is 17.5 Å². The van der Waals surface area contributed by atoms with Crippen molar-refractivity contribution in [1.82, 2.24) is 9.71 Å². The first-order valence-corrected chi connectivity index (χ1v) is 10.1. The Morgan fingerprint density at radius 2 is 2.12 bits per heavy atom. The van der Waals surface area contributed by atoms with Gasteiger partial charge in [-0.05, 0) is 49.9 Å². The summed E-state index contributed by atoms with van der Waals surface area (Å²) in [5, 5.41) is 3.41. The summed E-state index contributed by atoms with van der Waals surface area (Å²) in [6, 6.07) is 4.75. The Balaban J connectivity index is 1.57. The van der Waals surface area contributed by atoms with Gasteiger partial charge in [-0.1, -0.05) is 23.5 Å². The number of hydrogen-bond donors (Lipinski definition) is 2. The van der Waals surface area contributed by atoms with Crippen molar-refractivity contribution >= 4 is 42.6 Å². The number of carbonyl (C=O) groups is 1. The van der Waals surface area contributed by atoms with Gasteiger partial charge in [0.05, 0.1) is 15.1 Å². The molecule has 0 spiro atoms. The van der Waals surface area contributed by atoms with Crippen LogP contribution in [-0.4, -0.2) is 26.4 Å². The van der Waals surface area contributed by atoms with Crippen LogP contribution in [-0.2, 0) is 14.8 Å². The number of amides is 1. The van der Waals surface area contributed by atoms with Crippen molar-refractivity contribution in [3.05, 3.63) is 30.4 Å². The summed E-state index contributed by atoms with van der Waals surface area (Å²) in [6.45, 7) is 0. The molecule has 126 valence electrons. The predicted octanol–water partition coefficient (Wildman–Crippen LogP) is 2.36. The summed E-state index contributed by atoms with van der Waals surface area (Å²) in [4.78, 5) is 17.1. The minimum absolute atomic E-state index is 0.00831. The maximum Gasteiger partial charge on any atom is 0.240 e. The number of thiazole rings is 1. The lowest BCUT2D eigenvalue weighted by molar-refractivity contribution is -0.120. The van der Waals surface area contributed by atoms with E-state index in [1.807, 2.05) is 0 Å². The van der Waals surface area contributed by atoms with Crippen LogP contribution in [0.1, 0.15) is 12.8 Å². The number of anilines is 1. The second kappa shape index (κ2) is 5.65. The van der Waals surface area contributed by atoms with E-state index in [-0.39, 0.29) is 16.7 Å². The number of nitrogens with one attached hydrogen (secondary N) is 2. The molecule has 1 saturated carbocycles. The number of rotatable bonds is 4. The predicted molar refractivity (Wildman–Crippen MR) is 93.3 cm³/mol. The maximum absolute atomic E-state index is 12.5. The summed E-state index contributed by atoms with van der Waals surface area (Å²) >= 11 is 1.29. The van der Waals surface area contributed by atoms with Crippen molar-refractivity contribution < 1.29 is 13.2 Å². The van der Waals surface area contributed by atoms with Crippen LogP contribution in [0.25, 0.3) is 10.2 Å². The number of carbonyl (C=O) groups excluding carboxylic acids is 1. The summed E-state index contributed by atoms with van der Waals surface area (Å²) in [5.74, 6) is 0.911. The molecule has 4 rings (SSSR count). The Morgan fingerprint density at radius 3 is 2.79 bits per heavy atom. The zero-order valence-electron chi connectivity index (χ0n) is 13.0. The largest absolute Gasteiger partial charge is 0.302 e. The van der Waals surface area contributed by atoms with Crippen molar-refractivity contribution in [3.8, 4) is 0 Å². The molecule has 2 N–H and O–H groups in total. The molecule has 1 aromatic heterocycles. The van der Waals surface area contributed by atoms with Gasteiger partial charge in [-0.3, -0.25) is 4.79 Å². The van der Waals surface area contributed by atoms with E-state index in [1.54, 1.807) is 12.1 Å². The van der Waals surface area contributed by atoms with E-state index in [9.17, 15) is 13.2 Å². The first-order valence-electron chi connectivity index (χ1n) is 7.79. The number of hydrogen-bond acceptors (Lipinski definition) is 5. The Hall–Kier alpha value is -1.77. The molecular formula is C16H17N3O3S2. The lowest BCUT2D eigenvalue weighted by Gasteiger charge is -2.16. The fourth-order valence-electron chi connectivity index (χ4n) is 3.52. The molecule has 2 bridgehead atoms. The zero-order chi connectivity index (χ0) is 16.9. The molecule has 2 aromatic rings. The van der Waals surface area contributed by atoms with Gasteiger partial charge in [0.15, 0.2) is 5.13 Å². The lowest BCUT2D eigenvalue weighted by atomic mass is 9.93. The lowest BCUT2D eigenvalue weighted by Crippen LogP contribution is -2.25. The fourth-order valence-corrected chi connectivity index (χ4v) is 5.26. The van der Waals surface area contributed by atoms with E-state index >= 15 is 0 Å². The van der Waals surface area contributed by atoms with Gasteiger partial charge in [-0.15, -0.1) is 0 Å². The van der Waals surface area contributed by atoms with Gasteiger partial charge >= 0.3 is 0 Å². The van der Waals surface area contributed by atoms with Crippen molar-refractivity contribution in [2.75, 3.05) is 12.4 Å². The minimum Gasteiger partial charge on any atom is -0.302 e. The van der Waals surface area contributed by atoms with Crippen molar-refractivity contribution in [3.63, 3.8) is 0 Å². The van der Waals surface area contributed by atoms with Gasteiger partial charge in [0, 0.05) is 5.92 Å². The molecule has 0 aliphatic heterocycles. The molecule has 2 aliphatic carbocycles. The molecular weight excluding hydrogens is 346 g/mol. The first-order chi connectivity index (χ1) is 11.5. The number of nitrogens with zero attached hydrogens (tertiary/aromatic N) is 1. The zero-order valence-corrected chi connectivity index (χ0v) is 14.7. The van der Waals surface area contributed by atoms with Gasteiger partial charge in [-0.25, -0.2) is 18.1 Å². The molecule has 1 aromatic carbocycles. The van der Waals surface area contributed by atoms with E-state index in [2.05, 4.69) is 27.2 Å². The second-order valence-corrected chi connectivity index (χ2v) is 9.15. The highest BCUT2D eigenvalue weighted by molar-refractivity contribution is 7.89. The van der Waals surface area contributed by atoms with Crippen LogP contribution >= 0.6 is 11.3 Å². The molecule has 8 heteroatoms. The maximum atomic E-state index is 12.5. The average molecular weight is 363 g/mol. The third kappa shape index (κ3) is 2.64. The van der Waals surface area contributed by atoms with Crippen molar-refractivity contribution in [2.45, 2.75) is 17.7 Å². The Kier molecular flexibility index (Phi) is 3.70. The SMILES string of the molecule is CNS(=O)(=O)c1ccc2nc(NC(=O)C3CC4C=CC3C4)sc2c1. The minimum atomic E-state index is -3.49. The quantitative estimate of drug-likeness (QED) is 0.816. The highest BCUT2D eigenvalue weighted by Crippen LogP contribution is 2.44. The van der Waals surface area contributed by atoms with Crippen molar-refractivity contribution in [1.29, 1.82) is 0 Å². The molecule has 24 heavy (non-hydrogen) atoms. The van der Waals surface area contributed by atoms with Gasteiger partial charge in [-0.2, -0.15) is 0 Å². The molecule has 6 nitrogen and oxygen atoms in total. The Bertz CT molecular complexity index is 949. The fraction of sp³-hybridized carbons (Fsp3) is 0.375. The second-order valence-electron chi connectivity index (χ2n) is 6.23.